The minimum atomic E-state index is 0.442. The molecule has 0 spiro atoms. The van der Waals surface area contributed by atoms with Gasteiger partial charge in [0.05, 0.1) is 0 Å². The van der Waals surface area contributed by atoms with E-state index in [1.165, 1.54) is 11.3 Å². The Morgan fingerprint density at radius 3 is 2.35 bits per heavy atom. The van der Waals surface area contributed by atoms with Crippen molar-refractivity contribution >= 4 is 43.2 Å². The van der Waals surface area contributed by atoms with Gasteiger partial charge in [0.25, 0.3) is 5.19 Å². The second kappa shape index (κ2) is 6.32. The van der Waals surface area contributed by atoms with Crippen molar-refractivity contribution in [2.75, 3.05) is 13.2 Å². The van der Waals surface area contributed by atoms with Gasteiger partial charge in [0.15, 0.2) is 3.92 Å². The predicted octanol–water partition coefficient (Wildman–Crippen LogP) is 3.52. The van der Waals surface area contributed by atoms with Crippen molar-refractivity contribution in [3.05, 3.63) is 32.7 Å². The minimum Gasteiger partial charge on any atom is -0.490 e. The number of aromatic nitrogens is 2. The number of halogens is 2. The molecule has 0 aliphatic heterocycles. The second-order valence-corrected chi connectivity index (χ2v) is 6.10. The first-order valence-corrected chi connectivity index (χ1v) is 7.14. The minimum absolute atomic E-state index is 0.442. The van der Waals surface area contributed by atoms with E-state index in [0.29, 0.717) is 22.3 Å². The molecule has 17 heavy (non-hydrogen) atoms. The maximum Gasteiger partial charge on any atom is 0.294 e. The first-order valence-electron chi connectivity index (χ1n) is 4.74. The third kappa shape index (κ3) is 4.25. The summed E-state index contributed by atoms with van der Waals surface area (Å²) in [6.45, 7) is 0.913. The van der Waals surface area contributed by atoms with Crippen LogP contribution >= 0.6 is 43.2 Å². The number of benzene rings is 1. The summed E-state index contributed by atoms with van der Waals surface area (Å²) in [4.78, 5) is 0. The lowest BCUT2D eigenvalue weighted by Gasteiger charge is -2.05. The maximum atomic E-state index is 5.49. The van der Waals surface area contributed by atoms with Gasteiger partial charge in [-0.25, -0.2) is 0 Å². The molecule has 90 valence electrons. The van der Waals surface area contributed by atoms with Crippen molar-refractivity contribution in [2.45, 2.75) is 0 Å². The molecule has 0 bridgehead atoms. The second-order valence-electron chi connectivity index (χ2n) is 2.97. The van der Waals surface area contributed by atoms with Crippen LogP contribution in [-0.2, 0) is 0 Å². The molecule has 1 aromatic carbocycles. The Hall–Kier alpha value is -0.660. The van der Waals surface area contributed by atoms with Crippen LogP contribution in [0.15, 0.2) is 32.7 Å². The van der Waals surface area contributed by atoms with E-state index >= 15 is 0 Å². The molecular formula is C10H8Br2N2O2S. The average Bonchev–Trinajstić information content (AvgIpc) is 2.73. The Morgan fingerprint density at radius 2 is 1.71 bits per heavy atom. The first-order chi connectivity index (χ1) is 8.24. The Bertz CT molecular complexity index is 475. The molecule has 1 heterocycles. The van der Waals surface area contributed by atoms with Crippen molar-refractivity contribution in [1.82, 2.24) is 10.2 Å². The number of nitrogens with zero attached hydrogens (tertiary/aromatic N) is 2. The van der Waals surface area contributed by atoms with Crippen molar-refractivity contribution in [2.24, 2.45) is 0 Å². The number of hydrogen-bond acceptors (Lipinski definition) is 5. The van der Waals surface area contributed by atoms with E-state index in [4.69, 9.17) is 9.47 Å². The fourth-order valence-electron chi connectivity index (χ4n) is 1.07. The Morgan fingerprint density at radius 1 is 1.00 bits per heavy atom. The van der Waals surface area contributed by atoms with Gasteiger partial charge in [-0.3, -0.25) is 0 Å². The molecule has 0 fully saturated rings. The molecule has 0 unspecified atom stereocenters. The number of hydrogen-bond donors (Lipinski definition) is 0. The van der Waals surface area contributed by atoms with Crippen LogP contribution in [-0.4, -0.2) is 23.4 Å². The largest absolute Gasteiger partial charge is 0.490 e. The van der Waals surface area contributed by atoms with Gasteiger partial charge in [0.1, 0.15) is 19.0 Å². The SMILES string of the molecule is Brc1ccc(OCCOc2nnc(Br)s2)cc1. The van der Waals surface area contributed by atoms with Crippen LogP contribution in [0.1, 0.15) is 0 Å². The van der Waals surface area contributed by atoms with Gasteiger partial charge in [0, 0.05) is 4.47 Å². The van der Waals surface area contributed by atoms with Gasteiger partial charge in [-0.1, -0.05) is 21.0 Å². The van der Waals surface area contributed by atoms with Crippen molar-refractivity contribution in [1.29, 1.82) is 0 Å². The van der Waals surface area contributed by atoms with Gasteiger partial charge in [-0.05, 0) is 51.5 Å². The van der Waals surface area contributed by atoms with E-state index in [1.54, 1.807) is 0 Å². The van der Waals surface area contributed by atoms with Crippen LogP contribution in [0, 0.1) is 0 Å². The van der Waals surface area contributed by atoms with Gasteiger partial charge < -0.3 is 9.47 Å². The molecule has 2 aromatic rings. The summed E-state index contributed by atoms with van der Waals surface area (Å²) in [6, 6.07) is 7.65. The highest BCUT2D eigenvalue weighted by molar-refractivity contribution is 9.11. The molecule has 2 rings (SSSR count). The van der Waals surface area contributed by atoms with Crippen LogP contribution < -0.4 is 9.47 Å². The topological polar surface area (TPSA) is 44.2 Å². The molecule has 0 saturated heterocycles. The molecule has 0 aliphatic rings. The van der Waals surface area contributed by atoms with Gasteiger partial charge in [-0.15, -0.1) is 5.10 Å². The fourth-order valence-corrected chi connectivity index (χ4v) is 2.28. The number of rotatable bonds is 5. The predicted molar refractivity (Wildman–Crippen MR) is 72.7 cm³/mol. The van der Waals surface area contributed by atoms with Crippen LogP contribution in [0.25, 0.3) is 0 Å². The Kier molecular flexibility index (Phi) is 4.75. The fraction of sp³-hybridized carbons (Fsp3) is 0.200. The zero-order valence-corrected chi connectivity index (χ0v) is 12.6. The Labute approximate surface area is 119 Å². The molecule has 0 N–H and O–H groups in total. The molecule has 0 radical (unpaired) electrons. The highest BCUT2D eigenvalue weighted by atomic mass is 79.9. The molecule has 0 saturated carbocycles. The normalized spacial score (nSPS) is 10.2. The molecule has 7 heteroatoms. The van der Waals surface area contributed by atoms with Crippen LogP contribution in [0.4, 0.5) is 0 Å². The zero-order valence-electron chi connectivity index (χ0n) is 8.60. The molecule has 0 atom stereocenters. The summed E-state index contributed by atoms with van der Waals surface area (Å²) in [6.07, 6.45) is 0. The van der Waals surface area contributed by atoms with Crippen LogP contribution in [0.3, 0.4) is 0 Å². The quantitative estimate of drug-likeness (QED) is 0.745. The van der Waals surface area contributed by atoms with Crippen LogP contribution in [0.5, 0.6) is 10.9 Å². The van der Waals surface area contributed by atoms with Crippen molar-refractivity contribution in [3.63, 3.8) is 0 Å². The van der Waals surface area contributed by atoms with Crippen molar-refractivity contribution < 1.29 is 9.47 Å². The smallest absolute Gasteiger partial charge is 0.294 e. The molecule has 1 aromatic heterocycles. The van der Waals surface area contributed by atoms with E-state index in [9.17, 15) is 0 Å². The number of ether oxygens (including phenoxy) is 2. The molecule has 0 amide bonds. The van der Waals surface area contributed by atoms with E-state index in [2.05, 4.69) is 42.1 Å². The lowest BCUT2D eigenvalue weighted by atomic mass is 10.3. The summed E-state index contributed by atoms with van der Waals surface area (Å²) in [5.41, 5.74) is 0. The van der Waals surface area contributed by atoms with Gasteiger partial charge in [-0.2, -0.15) is 0 Å². The lowest BCUT2D eigenvalue weighted by Crippen LogP contribution is -2.08. The summed E-state index contributed by atoms with van der Waals surface area (Å²) < 4.78 is 12.6. The third-order valence-corrected chi connectivity index (χ3v) is 3.57. The molecule has 4 nitrogen and oxygen atoms in total. The summed E-state index contributed by atoms with van der Waals surface area (Å²) in [5.74, 6) is 0.815. The highest BCUT2D eigenvalue weighted by Gasteiger charge is 2.01. The average molecular weight is 380 g/mol. The third-order valence-electron chi connectivity index (χ3n) is 1.77. The summed E-state index contributed by atoms with van der Waals surface area (Å²) in [5, 5.41) is 8.13. The van der Waals surface area contributed by atoms with Gasteiger partial charge in [0.2, 0.25) is 0 Å². The van der Waals surface area contributed by atoms with E-state index in [1.807, 2.05) is 24.3 Å². The molecule has 0 aliphatic carbocycles. The summed E-state index contributed by atoms with van der Waals surface area (Å²) >= 11 is 7.92. The standard InChI is InChI=1S/C10H8Br2N2O2S/c11-7-1-3-8(4-2-7)15-5-6-16-10-14-13-9(12)17-10/h1-4H,5-6H2. The lowest BCUT2D eigenvalue weighted by molar-refractivity contribution is 0.215. The van der Waals surface area contributed by atoms with E-state index < -0.39 is 0 Å². The zero-order chi connectivity index (χ0) is 12.1. The Balaban J connectivity index is 1.71. The first kappa shape index (κ1) is 12.8. The molecular weight excluding hydrogens is 372 g/mol. The van der Waals surface area contributed by atoms with Gasteiger partial charge >= 0.3 is 0 Å². The summed E-state index contributed by atoms with van der Waals surface area (Å²) in [7, 11) is 0. The van der Waals surface area contributed by atoms with E-state index in [-0.39, 0.29) is 0 Å². The highest BCUT2D eigenvalue weighted by Crippen LogP contribution is 2.22. The van der Waals surface area contributed by atoms with Crippen LogP contribution in [0.2, 0.25) is 0 Å². The van der Waals surface area contributed by atoms with E-state index in [0.717, 1.165) is 10.2 Å². The van der Waals surface area contributed by atoms with Crippen molar-refractivity contribution in [3.8, 4) is 10.9 Å². The monoisotopic (exact) mass is 378 g/mol. The maximum absolute atomic E-state index is 5.49.